The van der Waals surface area contributed by atoms with Crippen molar-refractivity contribution in [2.24, 2.45) is 5.92 Å². The lowest BCUT2D eigenvalue weighted by Crippen LogP contribution is -1.95. The number of hydrogen-bond donors (Lipinski definition) is 1. The van der Waals surface area contributed by atoms with Crippen LogP contribution in [0.3, 0.4) is 0 Å². The van der Waals surface area contributed by atoms with E-state index in [0.29, 0.717) is 5.92 Å². The molecule has 0 bridgehead atoms. The highest BCUT2D eigenvalue weighted by atomic mass is 14.6. The van der Waals surface area contributed by atoms with Crippen LogP contribution in [0.2, 0.25) is 0 Å². The van der Waals surface area contributed by atoms with Gasteiger partial charge in [-0.1, -0.05) is 32.1 Å². The summed E-state index contributed by atoms with van der Waals surface area (Å²) in [4.78, 5) is 0. The Morgan fingerprint density at radius 3 is 2.77 bits per heavy atom. The first kappa shape index (κ1) is 8.36. The van der Waals surface area contributed by atoms with Crippen LogP contribution in [0, 0.1) is 5.92 Å². The summed E-state index contributed by atoms with van der Waals surface area (Å²) >= 11 is 0. The summed E-state index contributed by atoms with van der Waals surface area (Å²) in [6, 6.07) is 6.19. The molecule has 0 aromatic heterocycles. The van der Waals surface area contributed by atoms with Gasteiger partial charge in [0.1, 0.15) is 0 Å². The first-order valence-electron chi connectivity index (χ1n) is 4.78. The third kappa shape index (κ3) is 1.24. The quantitative estimate of drug-likeness (QED) is 0.649. The van der Waals surface area contributed by atoms with Gasteiger partial charge in [-0.05, 0) is 35.1 Å². The van der Waals surface area contributed by atoms with Crippen molar-refractivity contribution in [3.8, 4) is 0 Å². The average Bonchev–Trinajstić information content (AvgIpc) is 2.48. The van der Waals surface area contributed by atoms with Crippen LogP contribution in [0.15, 0.2) is 24.3 Å². The highest BCUT2D eigenvalue weighted by Gasteiger charge is 2.17. The molecule has 1 aliphatic rings. The van der Waals surface area contributed by atoms with Crippen molar-refractivity contribution in [1.82, 2.24) is 0 Å². The van der Waals surface area contributed by atoms with Gasteiger partial charge in [-0.2, -0.15) is 0 Å². The highest BCUT2D eigenvalue weighted by molar-refractivity contribution is 5.78. The number of nitrogens with two attached hydrogens (primary N) is 1. The van der Waals surface area contributed by atoms with Gasteiger partial charge in [0.25, 0.3) is 0 Å². The van der Waals surface area contributed by atoms with Gasteiger partial charge in [0.15, 0.2) is 0 Å². The molecule has 0 saturated carbocycles. The van der Waals surface area contributed by atoms with Crippen molar-refractivity contribution >= 4 is 11.3 Å². The Bertz CT molecular complexity index is 361. The summed E-state index contributed by atoms with van der Waals surface area (Å²) in [6.07, 6.45) is 3.31. The van der Waals surface area contributed by atoms with E-state index in [0.717, 1.165) is 12.1 Å². The smallest absolute Gasteiger partial charge is 0.0355 e. The molecular formula is C12H15N. The number of rotatable bonds is 1. The van der Waals surface area contributed by atoms with Gasteiger partial charge in [0.2, 0.25) is 0 Å². The second-order valence-electron chi connectivity index (χ2n) is 3.89. The van der Waals surface area contributed by atoms with Gasteiger partial charge in [0.05, 0.1) is 0 Å². The maximum Gasteiger partial charge on any atom is 0.0355 e. The number of benzene rings is 1. The molecule has 0 spiro atoms. The fourth-order valence-corrected chi connectivity index (χ4v) is 1.97. The van der Waals surface area contributed by atoms with Gasteiger partial charge in [-0.15, -0.1) is 0 Å². The predicted octanol–water partition coefficient (Wildman–Crippen LogP) is 2.86. The average molecular weight is 173 g/mol. The Morgan fingerprint density at radius 1 is 1.31 bits per heavy atom. The first-order chi connectivity index (χ1) is 6.20. The lowest BCUT2D eigenvalue weighted by Gasteiger charge is -2.10. The van der Waals surface area contributed by atoms with Gasteiger partial charge in [-0.25, -0.2) is 0 Å². The van der Waals surface area contributed by atoms with Gasteiger partial charge < -0.3 is 5.73 Å². The molecule has 68 valence electrons. The minimum Gasteiger partial charge on any atom is -0.398 e. The Balaban J connectivity index is 2.50. The summed E-state index contributed by atoms with van der Waals surface area (Å²) < 4.78 is 0. The third-order valence-corrected chi connectivity index (χ3v) is 2.67. The fourth-order valence-electron chi connectivity index (χ4n) is 1.97. The van der Waals surface area contributed by atoms with Gasteiger partial charge >= 0.3 is 0 Å². The maximum absolute atomic E-state index is 5.90. The molecular weight excluding hydrogens is 158 g/mol. The zero-order chi connectivity index (χ0) is 9.42. The molecule has 2 N–H and O–H groups in total. The zero-order valence-electron chi connectivity index (χ0n) is 8.17. The molecule has 13 heavy (non-hydrogen) atoms. The van der Waals surface area contributed by atoms with Crippen molar-refractivity contribution in [1.29, 1.82) is 0 Å². The van der Waals surface area contributed by atoms with Crippen LogP contribution in [0.4, 0.5) is 5.69 Å². The first-order valence-corrected chi connectivity index (χ1v) is 4.78. The van der Waals surface area contributed by atoms with E-state index in [2.05, 4.69) is 26.0 Å². The number of fused-ring (bicyclic) bond motifs is 1. The minimum absolute atomic E-state index is 0.600. The predicted molar refractivity (Wildman–Crippen MR) is 57.4 cm³/mol. The van der Waals surface area contributed by atoms with Crippen LogP contribution >= 0.6 is 0 Å². The van der Waals surface area contributed by atoms with E-state index in [1.807, 2.05) is 12.1 Å². The summed E-state index contributed by atoms with van der Waals surface area (Å²) in [7, 11) is 0. The number of nitrogen functional groups attached to an aromatic ring is 1. The fraction of sp³-hybridized carbons (Fsp3) is 0.333. The van der Waals surface area contributed by atoms with Crippen molar-refractivity contribution in [3.05, 3.63) is 35.4 Å². The molecule has 0 atom stereocenters. The van der Waals surface area contributed by atoms with E-state index < -0.39 is 0 Å². The summed E-state index contributed by atoms with van der Waals surface area (Å²) in [6.45, 7) is 4.45. The molecule has 0 amide bonds. The SMILES string of the molecule is CC(C)C1=CCc2c(N)cccc21. The van der Waals surface area contributed by atoms with Crippen LogP contribution in [0.1, 0.15) is 25.0 Å². The largest absolute Gasteiger partial charge is 0.398 e. The second-order valence-corrected chi connectivity index (χ2v) is 3.89. The molecule has 0 unspecified atom stereocenters. The van der Waals surface area contributed by atoms with E-state index in [-0.39, 0.29) is 0 Å². The maximum atomic E-state index is 5.90. The van der Waals surface area contributed by atoms with E-state index in [9.17, 15) is 0 Å². The van der Waals surface area contributed by atoms with E-state index in [1.54, 1.807) is 0 Å². The van der Waals surface area contributed by atoms with E-state index in [4.69, 9.17) is 5.73 Å². The monoisotopic (exact) mass is 173 g/mol. The lowest BCUT2D eigenvalue weighted by atomic mass is 9.96. The Hall–Kier alpha value is -1.24. The van der Waals surface area contributed by atoms with Crippen LogP contribution < -0.4 is 5.73 Å². The van der Waals surface area contributed by atoms with Crippen molar-refractivity contribution in [2.45, 2.75) is 20.3 Å². The Kier molecular flexibility index (Phi) is 1.87. The van der Waals surface area contributed by atoms with Crippen LogP contribution in [0.25, 0.3) is 5.57 Å². The summed E-state index contributed by atoms with van der Waals surface area (Å²) in [5.41, 5.74) is 10.9. The third-order valence-electron chi connectivity index (χ3n) is 2.67. The van der Waals surface area contributed by atoms with Crippen molar-refractivity contribution < 1.29 is 0 Å². The molecule has 0 heterocycles. The molecule has 0 fully saturated rings. The summed E-state index contributed by atoms with van der Waals surface area (Å²) in [5.74, 6) is 0.600. The van der Waals surface area contributed by atoms with Crippen LogP contribution in [-0.2, 0) is 6.42 Å². The number of allylic oxidation sites excluding steroid dienone is 2. The second kappa shape index (κ2) is 2.91. The molecule has 1 aliphatic carbocycles. The molecule has 1 aromatic carbocycles. The molecule has 1 nitrogen and oxygen atoms in total. The van der Waals surface area contributed by atoms with Crippen molar-refractivity contribution in [2.75, 3.05) is 5.73 Å². The summed E-state index contributed by atoms with van der Waals surface area (Å²) in [5, 5.41) is 0. The highest BCUT2D eigenvalue weighted by Crippen LogP contribution is 2.35. The van der Waals surface area contributed by atoms with Crippen molar-refractivity contribution in [3.63, 3.8) is 0 Å². The number of anilines is 1. The van der Waals surface area contributed by atoms with E-state index in [1.165, 1.54) is 16.7 Å². The van der Waals surface area contributed by atoms with Crippen LogP contribution in [0.5, 0.6) is 0 Å². The molecule has 0 saturated heterocycles. The minimum atomic E-state index is 0.600. The lowest BCUT2D eigenvalue weighted by molar-refractivity contribution is 0.857. The van der Waals surface area contributed by atoms with Gasteiger partial charge in [-0.3, -0.25) is 0 Å². The molecule has 1 aromatic rings. The molecule has 0 aliphatic heterocycles. The van der Waals surface area contributed by atoms with Crippen LogP contribution in [-0.4, -0.2) is 0 Å². The number of hydrogen-bond acceptors (Lipinski definition) is 1. The Morgan fingerprint density at radius 2 is 2.08 bits per heavy atom. The molecule has 2 rings (SSSR count). The standard InChI is InChI=1S/C12H15N/c1-8(2)9-6-7-11-10(9)4-3-5-12(11)13/h3-6,8H,7,13H2,1-2H3. The topological polar surface area (TPSA) is 26.0 Å². The zero-order valence-corrected chi connectivity index (χ0v) is 8.17. The normalized spacial score (nSPS) is 14.5. The van der Waals surface area contributed by atoms with Gasteiger partial charge in [0, 0.05) is 5.69 Å². The van der Waals surface area contributed by atoms with E-state index >= 15 is 0 Å². The molecule has 0 radical (unpaired) electrons. The molecule has 1 heteroatoms. The Labute approximate surface area is 79.3 Å².